The first-order valence-corrected chi connectivity index (χ1v) is 9.87. The van der Waals surface area contributed by atoms with Crippen LogP contribution in [0.15, 0.2) is 78.5 Å². The second-order valence-corrected chi connectivity index (χ2v) is 7.73. The molecule has 0 spiro atoms. The summed E-state index contributed by atoms with van der Waals surface area (Å²) >= 11 is 5.82. The van der Waals surface area contributed by atoms with Gasteiger partial charge < -0.3 is 0 Å². The number of rotatable bonds is 6. The van der Waals surface area contributed by atoms with Gasteiger partial charge in [0.2, 0.25) is 0 Å². The van der Waals surface area contributed by atoms with E-state index in [-0.39, 0.29) is 0 Å². The van der Waals surface area contributed by atoms with E-state index in [2.05, 4.69) is 9.71 Å². The Kier molecular flexibility index (Phi) is 5.71. The van der Waals surface area contributed by atoms with E-state index in [0.717, 1.165) is 28.5 Å². The van der Waals surface area contributed by atoms with Gasteiger partial charge in [-0.1, -0.05) is 35.9 Å². The van der Waals surface area contributed by atoms with Gasteiger partial charge in [-0.05, 0) is 65.6 Å². The number of halogens is 1. The van der Waals surface area contributed by atoms with Gasteiger partial charge in [-0.2, -0.15) is 0 Å². The number of hydrogen-bond acceptors (Lipinski definition) is 3. The lowest BCUT2D eigenvalue weighted by molar-refractivity contribution is 0.609. The Labute approximate surface area is 158 Å². The van der Waals surface area contributed by atoms with Crippen LogP contribution in [0.1, 0.15) is 16.7 Å². The zero-order valence-electron chi connectivity index (χ0n) is 13.8. The highest BCUT2D eigenvalue weighted by atomic mass is 35.5. The van der Waals surface area contributed by atoms with E-state index in [1.807, 2.05) is 24.3 Å². The Morgan fingerprint density at radius 1 is 0.885 bits per heavy atom. The average Bonchev–Trinajstić information content (AvgIpc) is 2.64. The van der Waals surface area contributed by atoms with E-state index in [0.29, 0.717) is 10.7 Å². The Bertz CT molecular complexity index is 984. The van der Waals surface area contributed by atoms with E-state index < -0.39 is 10.0 Å². The molecule has 0 unspecified atom stereocenters. The molecule has 0 aliphatic rings. The van der Waals surface area contributed by atoms with Gasteiger partial charge in [0.1, 0.15) is 0 Å². The maximum absolute atomic E-state index is 12.2. The summed E-state index contributed by atoms with van der Waals surface area (Å²) in [5, 5.41) is 1.75. The molecule has 1 heterocycles. The second-order valence-electron chi connectivity index (χ2n) is 5.73. The number of benzene rings is 2. The molecule has 0 fully saturated rings. The van der Waals surface area contributed by atoms with Gasteiger partial charge in [-0.3, -0.25) is 9.71 Å². The van der Waals surface area contributed by atoms with Crippen LogP contribution in [0.25, 0.3) is 6.08 Å². The van der Waals surface area contributed by atoms with Gasteiger partial charge in [-0.25, -0.2) is 8.42 Å². The topological polar surface area (TPSA) is 59.1 Å². The molecule has 0 saturated carbocycles. The Hall–Kier alpha value is -2.63. The first-order chi connectivity index (χ1) is 12.5. The molecule has 3 aromatic rings. The van der Waals surface area contributed by atoms with Crippen molar-refractivity contribution in [1.82, 2.24) is 4.98 Å². The van der Waals surface area contributed by atoms with Gasteiger partial charge >= 0.3 is 0 Å². The van der Waals surface area contributed by atoms with Crippen LogP contribution < -0.4 is 4.72 Å². The van der Waals surface area contributed by atoms with Gasteiger partial charge in [-0.15, -0.1) is 0 Å². The molecule has 0 aliphatic carbocycles. The van der Waals surface area contributed by atoms with Crippen molar-refractivity contribution >= 4 is 33.4 Å². The first-order valence-electron chi connectivity index (χ1n) is 7.94. The van der Waals surface area contributed by atoms with Crippen molar-refractivity contribution in [2.24, 2.45) is 0 Å². The molecule has 0 aliphatic heterocycles. The first kappa shape index (κ1) is 18.2. The van der Waals surface area contributed by atoms with E-state index >= 15 is 0 Å². The quantitative estimate of drug-likeness (QED) is 0.667. The SMILES string of the molecule is O=S(=O)(/C=C/c1ccc(Cl)cc1)Nc1ccc(Cc2ccncc2)cc1. The summed E-state index contributed by atoms with van der Waals surface area (Å²) in [7, 11) is -3.59. The van der Waals surface area contributed by atoms with Gasteiger partial charge in [0, 0.05) is 23.1 Å². The van der Waals surface area contributed by atoms with Crippen molar-refractivity contribution in [2.75, 3.05) is 4.72 Å². The number of sulfonamides is 1. The average molecular weight is 385 g/mol. The molecular weight excluding hydrogens is 368 g/mol. The van der Waals surface area contributed by atoms with Crippen LogP contribution in [0, 0.1) is 0 Å². The van der Waals surface area contributed by atoms with E-state index in [1.165, 1.54) is 6.08 Å². The minimum Gasteiger partial charge on any atom is -0.280 e. The van der Waals surface area contributed by atoms with Crippen molar-refractivity contribution in [2.45, 2.75) is 6.42 Å². The standard InChI is InChI=1S/C20H17ClN2O2S/c21-19-5-1-16(2-6-19)11-14-26(24,25)23-20-7-3-17(4-8-20)15-18-9-12-22-13-10-18/h1-14,23H,15H2/b14-11+. The smallest absolute Gasteiger partial charge is 0.255 e. The third-order valence-electron chi connectivity index (χ3n) is 3.68. The normalized spacial score (nSPS) is 11.6. The maximum atomic E-state index is 12.2. The van der Waals surface area contributed by atoms with Crippen LogP contribution >= 0.6 is 11.6 Å². The highest BCUT2D eigenvalue weighted by Crippen LogP contribution is 2.16. The summed E-state index contributed by atoms with van der Waals surface area (Å²) in [6.07, 6.45) is 5.80. The van der Waals surface area contributed by atoms with Crippen LogP contribution in [-0.4, -0.2) is 13.4 Å². The summed E-state index contributed by atoms with van der Waals surface area (Å²) in [4.78, 5) is 4.00. The highest BCUT2D eigenvalue weighted by Gasteiger charge is 2.06. The summed E-state index contributed by atoms with van der Waals surface area (Å²) < 4.78 is 26.9. The lowest BCUT2D eigenvalue weighted by Crippen LogP contribution is -2.08. The molecule has 4 nitrogen and oxygen atoms in total. The molecule has 6 heteroatoms. The molecule has 26 heavy (non-hydrogen) atoms. The van der Waals surface area contributed by atoms with Crippen molar-refractivity contribution in [3.63, 3.8) is 0 Å². The molecule has 3 rings (SSSR count). The van der Waals surface area contributed by atoms with Gasteiger partial charge in [0.05, 0.1) is 5.41 Å². The molecule has 1 N–H and O–H groups in total. The number of pyridine rings is 1. The summed E-state index contributed by atoms with van der Waals surface area (Å²) in [5.41, 5.74) is 3.52. The molecule has 0 atom stereocenters. The maximum Gasteiger partial charge on any atom is 0.255 e. The molecule has 2 aromatic carbocycles. The lowest BCUT2D eigenvalue weighted by atomic mass is 10.1. The predicted octanol–water partition coefficient (Wildman–Crippen LogP) is 4.74. The number of aromatic nitrogens is 1. The molecule has 0 bridgehead atoms. The van der Waals surface area contributed by atoms with Crippen molar-refractivity contribution in [3.05, 3.63) is 100 Å². The van der Waals surface area contributed by atoms with Crippen LogP contribution in [0.5, 0.6) is 0 Å². The minimum absolute atomic E-state index is 0.518. The molecule has 0 amide bonds. The lowest BCUT2D eigenvalue weighted by Gasteiger charge is -2.06. The van der Waals surface area contributed by atoms with Crippen molar-refractivity contribution in [1.29, 1.82) is 0 Å². The number of nitrogens with zero attached hydrogens (tertiary/aromatic N) is 1. The van der Waals surface area contributed by atoms with Crippen LogP contribution in [-0.2, 0) is 16.4 Å². The van der Waals surface area contributed by atoms with Crippen molar-refractivity contribution < 1.29 is 8.42 Å². The zero-order valence-corrected chi connectivity index (χ0v) is 15.4. The fraction of sp³-hybridized carbons (Fsp3) is 0.0500. The molecular formula is C20H17ClN2O2S. The minimum atomic E-state index is -3.59. The summed E-state index contributed by atoms with van der Waals surface area (Å²) in [6.45, 7) is 0. The largest absolute Gasteiger partial charge is 0.280 e. The third-order valence-corrected chi connectivity index (χ3v) is 4.95. The third kappa shape index (κ3) is 5.44. The second kappa shape index (κ2) is 8.17. The number of nitrogens with one attached hydrogen (secondary N) is 1. The monoisotopic (exact) mass is 384 g/mol. The van der Waals surface area contributed by atoms with Crippen LogP contribution in [0.3, 0.4) is 0 Å². The summed E-state index contributed by atoms with van der Waals surface area (Å²) in [6, 6.07) is 18.2. The van der Waals surface area contributed by atoms with E-state index in [1.54, 1.807) is 48.8 Å². The Morgan fingerprint density at radius 2 is 1.50 bits per heavy atom. The van der Waals surface area contributed by atoms with E-state index in [9.17, 15) is 8.42 Å². The molecule has 132 valence electrons. The van der Waals surface area contributed by atoms with Crippen LogP contribution in [0.2, 0.25) is 5.02 Å². The van der Waals surface area contributed by atoms with Gasteiger partial charge in [0.25, 0.3) is 10.0 Å². The van der Waals surface area contributed by atoms with Crippen LogP contribution in [0.4, 0.5) is 5.69 Å². The van der Waals surface area contributed by atoms with Gasteiger partial charge in [0.15, 0.2) is 0 Å². The molecule has 0 saturated heterocycles. The van der Waals surface area contributed by atoms with E-state index in [4.69, 9.17) is 11.6 Å². The molecule has 0 radical (unpaired) electrons. The number of hydrogen-bond donors (Lipinski definition) is 1. The fourth-order valence-corrected chi connectivity index (χ4v) is 3.36. The number of anilines is 1. The molecule has 1 aromatic heterocycles. The fourth-order valence-electron chi connectivity index (χ4n) is 2.37. The predicted molar refractivity (Wildman–Crippen MR) is 107 cm³/mol. The summed E-state index contributed by atoms with van der Waals surface area (Å²) in [5.74, 6) is 0. The van der Waals surface area contributed by atoms with Crippen molar-refractivity contribution in [3.8, 4) is 0 Å². The highest BCUT2D eigenvalue weighted by molar-refractivity contribution is 7.95. The zero-order chi connectivity index (χ0) is 18.4. The Morgan fingerprint density at radius 3 is 2.15 bits per heavy atom. The Balaban J connectivity index is 1.65.